The van der Waals surface area contributed by atoms with Crippen LogP contribution in [0.5, 0.6) is 0 Å². The molecule has 1 aromatic rings. The number of benzene rings is 1. The third-order valence-corrected chi connectivity index (χ3v) is 3.23. The molecule has 1 rings (SSSR count). The summed E-state index contributed by atoms with van der Waals surface area (Å²) in [7, 11) is -4.11. The fraction of sp³-hybridized carbons (Fsp3) is 0.250. The number of hydrogen-bond donors (Lipinski definition) is 3. The predicted octanol–water partition coefficient (Wildman–Crippen LogP) is 0.401. The Labute approximate surface area is 71.9 Å². The molecule has 0 aromatic heterocycles. The SMILES string of the molecule is Cc1cccc([PH](O)(O)O)c1C. The first-order chi connectivity index (χ1) is 5.43. The quantitative estimate of drug-likeness (QED) is 0.559. The minimum absolute atomic E-state index is 0.266. The Balaban J connectivity index is 3.26. The Hall–Kier alpha value is -0.470. The summed E-state index contributed by atoms with van der Waals surface area (Å²) < 4.78 is 0. The molecule has 0 amide bonds. The van der Waals surface area contributed by atoms with E-state index in [1.807, 2.05) is 13.0 Å². The first kappa shape index (κ1) is 9.62. The molecule has 0 saturated carbocycles. The van der Waals surface area contributed by atoms with Crippen molar-refractivity contribution >= 4 is 13.2 Å². The van der Waals surface area contributed by atoms with Gasteiger partial charge in [0, 0.05) is 0 Å². The third-order valence-electron chi connectivity index (χ3n) is 1.97. The summed E-state index contributed by atoms with van der Waals surface area (Å²) >= 11 is 0. The van der Waals surface area contributed by atoms with E-state index in [4.69, 9.17) is 14.7 Å². The molecule has 0 unspecified atom stereocenters. The van der Waals surface area contributed by atoms with Crippen LogP contribution in [0, 0.1) is 13.8 Å². The van der Waals surface area contributed by atoms with Crippen LogP contribution in [0.3, 0.4) is 0 Å². The zero-order valence-corrected chi connectivity index (χ0v) is 8.07. The summed E-state index contributed by atoms with van der Waals surface area (Å²) in [5.41, 5.74) is 1.69. The van der Waals surface area contributed by atoms with E-state index in [1.54, 1.807) is 13.0 Å². The van der Waals surface area contributed by atoms with Gasteiger partial charge in [-0.1, -0.05) is 0 Å². The van der Waals surface area contributed by atoms with Crippen LogP contribution in [0.2, 0.25) is 0 Å². The number of aryl methyl sites for hydroxylation is 1. The first-order valence-electron chi connectivity index (χ1n) is 3.66. The van der Waals surface area contributed by atoms with Gasteiger partial charge in [-0.3, -0.25) is 0 Å². The molecule has 0 aliphatic rings. The van der Waals surface area contributed by atoms with E-state index in [9.17, 15) is 0 Å². The topological polar surface area (TPSA) is 60.7 Å². The molecule has 0 heterocycles. The summed E-state index contributed by atoms with van der Waals surface area (Å²) in [6.07, 6.45) is 0. The van der Waals surface area contributed by atoms with Crippen LogP contribution in [0.1, 0.15) is 11.1 Å². The van der Waals surface area contributed by atoms with Crippen LogP contribution in [-0.2, 0) is 0 Å². The Bertz CT molecular complexity index is 291. The Morgan fingerprint density at radius 1 is 1.08 bits per heavy atom. The summed E-state index contributed by atoms with van der Waals surface area (Å²) in [5.74, 6) is 0. The predicted molar refractivity (Wildman–Crippen MR) is 50.5 cm³/mol. The van der Waals surface area contributed by atoms with Gasteiger partial charge in [0.1, 0.15) is 0 Å². The molecular formula is C8H13O3P. The minimum atomic E-state index is -4.11. The van der Waals surface area contributed by atoms with E-state index in [0.29, 0.717) is 0 Å². The van der Waals surface area contributed by atoms with E-state index in [-0.39, 0.29) is 5.30 Å². The fourth-order valence-corrected chi connectivity index (χ4v) is 2.13. The Morgan fingerprint density at radius 3 is 2.08 bits per heavy atom. The van der Waals surface area contributed by atoms with Crippen LogP contribution >= 0.6 is 7.94 Å². The second-order valence-corrected chi connectivity index (χ2v) is 4.69. The zero-order valence-electron chi connectivity index (χ0n) is 7.07. The fourth-order valence-electron chi connectivity index (χ4n) is 1.11. The first-order valence-corrected chi connectivity index (χ1v) is 5.51. The average Bonchev–Trinajstić information content (AvgIpc) is 1.92. The molecule has 0 bridgehead atoms. The monoisotopic (exact) mass is 188 g/mol. The summed E-state index contributed by atoms with van der Waals surface area (Å²) in [5, 5.41) is 0.266. The molecule has 12 heavy (non-hydrogen) atoms. The molecule has 0 aliphatic heterocycles. The van der Waals surface area contributed by atoms with Gasteiger partial charge in [-0.05, 0) is 0 Å². The molecule has 3 nitrogen and oxygen atoms in total. The van der Waals surface area contributed by atoms with Gasteiger partial charge >= 0.3 is 71.1 Å². The van der Waals surface area contributed by atoms with Crippen molar-refractivity contribution in [3.8, 4) is 0 Å². The van der Waals surface area contributed by atoms with Gasteiger partial charge in [-0.15, -0.1) is 0 Å². The molecule has 68 valence electrons. The van der Waals surface area contributed by atoms with Crippen LogP contribution in [0.25, 0.3) is 0 Å². The van der Waals surface area contributed by atoms with Crippen molar-refractivity contribution in [2.45, 2.75) is 13.8 Å². The normalized spacial score (nSPS) is 13.1. The second kappa shape index (κ2) is 3.11. The van der Waals surface area contributed by atoms with Gasteiger partial charge in [-0.25, -0.2) is 0 Å². The van der Waals surface area contributed by atoms with Crippen molar-refractivity contribution in [1.82, 2.24) is 0 Å². The average molecular weight is 188 g/mol. The summed E-state index contributed by atoms with van der Waals surface area (Å²) in [4.78, 5) is 27.1. The molecule has 0 atom stereocenters. The molecule has 0 aliphatic carbocycles. The van der Waals surface area contributed by atoms with Crippen molar-refractivity contribution in [1.29, 1.82) is 0 Å². The van der Waals surface area contributed by atoms with Gasteiger partial charge < -0.3 is 0 Å². The van der Waals surface area contributed by atoms with Gasteiger partial charge in [0.2, 0.25) is 0 Å². The van der Waals surface area contributed by atoms with Crippen molar-refractivity contribution < 1.29 is 14.7 Å². The molecular weight excluding hydrogens is 175 g/mol. The van der Waals surface area contributed by atoms with Crippen LogP contribution < -0.4 is 5.30 Å². The zero-order chi connectivity index (χ0) is 9.35. The number of rotatable bonds is 1. The van der Waals surface area contributed by atoms with Crippen LogP contribution in [0.15, 0.2) is 18.2 Å². The maximum absolute atomic E-state index is 9.04. The second-order valence-electron chi connectivity index (χ2n) is 2.88. The third kappa shape index (κ3) is 1.82. The van der Waals surface area contributed by atoms with E-state index in [2.05, 4.69) is 0 Å². The summed E-state index contributed by atoms with van der Waals surface area (Å²) in [6.45, 7) is 3.62. The van der Waals surface area contributed by atoms with Gasteiger partial charge in [0.15, 0.2) is 0 Å². The Morgan fingerprint density at radius 2 is 1.67 bits per heavy atom. The van der Waals surface area contributed by atoms with Crippen LogP contribution in [0.4, 0.5) is 0 Å². The van der Waals surface area contributed by atoms with Gasteiger partial charge in [0.25, 0.3) is 0 Å². The summed E-state index contributed by atoms with van der Waals surface area (Å²) in [6, 6.07) is 5.09. The van der Waals surface area contributed by atoms with E-state index in [0.717, 1.165) is 11.1 Å². The van der Waals surface area contributed by atoms with Crippen molar-refractivity contribution in [3.63, 3.8) is 0 Å². The van der Waals surface area contributed by atoms with E-state index in [1.165, 1.54) is 6.07 Å². The standard InChI is InChI=1S/C8H13O3P/c1-6-4-3-5-8(7(6)2)12(9,10)11/h3-5,9-12H,1-2H3. The van der Waals surface area contributed by atoms with Gasteiger partial charge in [0.05, 0.1) is 0 Å². The molecule has 0 radical (unpaired) electrons. The maximum atomic E-state index is 9.04. The molecule has 0 spiro atoms. The molecule has 0 saturated heterocycles. The van der Waals surface area contributed by atoms with Crippen molar-refractivity contribution in [3.05, 3.63) is 29.3 Å². The molecule has 4 heteroatoms. The van der Waals surface area contributed by atoms with E-state index < -0.39 is 7.94 Å². The molecule has 0 fully saturated rings. The van der Waals surface area contributed by atoms with E-state index >= 15 is 0 Å². The van der Waals surface area contributed by atoms with Crippen molar-refractivity contribution in [2.75, 3.05) is 0 Å². The van der Waals surface area contributed by atoms with Crippen molar-refractivity contribution in [2.24, 2.45) is 0 Å². The molecule has 3 N–H and O–H groups in total. The Kier molecular flexibility index (Phi) is 2.49. The number of hydrogen-bond acceptors (Lipinski definition) is 3. The van der Waals surface area contributed by atoms with Crippen LogP contribution in [-0.4, -0.2) is 14.7 Å². The van der Waals surface area contributed by atoms with Gasteiger partial charge in [-0.2, -0.15) is 0 Å². The molecule has 1 aromatic carbocycles.